The summed E-state index contributed by atoms with van der Waals surface area (Å²) >= 11 is 0. The minimum atomic E-state index is -0.0594. The van der Waals surface area contributed by atoms with E-state index in [2.05, 4.69) is 19.2 Å². The number of nitrogens with one attached hydrogen (secondary N) is 1. The molecule has 0 saturated heterocycles. The van der Waals surface area contributed by atoms with Crippen LogP contribution in [0.3, 0.4) is 0 Å². The van der Waals surface area contributed by atoms with Crippen molar-refractivity contribution in [2.45, 2.75) is 33.6 Å². The summed E-state index contributed by atoms with van der Waals surface area (Å²) in [5.41, 5.74) is 1.19. The molecule has 0 aromatic heterocycles. The van der Waals surface area contributed by atoms with Gasteiger partial charge in [-0.15, -0.1) is 0 Å². The monoisotopic (exact) mass is 264 g/mol. The summed E-state index contributed by atoms with van der Waals surface area (Å²) in [6.07, 6.45) is 1.93. The normalized spacial score (nSPS) is 10.1. The van der Waals surface area contributed by atoms with Crippen LogP contribution in [0.4, 0.5) is 4.79 Å². The summed E-state index contributed by atoms with van der Waals surface area (Å²) in [6.45, 7) is 7.93. The van der Waals surface area contributed by atoms with Gasteiger partial charge in [-0.2, -0.15) is 0 Å². The number of ether oxygens (including phenoxy) is 1. The molecule has 1 aromatic carbocycles. The molecule has 0 atom stereocenters. The summed E-state index contributed by atoms with van der Waals surface area (Å²) in [7, 11) is 0. The molecule has 0 unspecified atom stereocenters. The number of carbonyl (C=O) groups excluding carboxylic acids is 1. The topological polar surface area (TPSA) is 41.6 Å². The fourth-order valence-electron chi connectivity index (χ4n) is 1.78. The molecule has 106 valence electrons. The van der Waals surface area contributed by atoms with Crippen molar-refractivity contribution in [3.05, 3.63) is 29.8 Å². The highest BCUT2D eigenvalue weighted by atomic mass is 16.5. The smallest absolute Gasteiger partial charge is 0.320 e. The number of rotatable bonds is 7. The van der Waals surface area contributed by atoms with Gasteiger partial charge in [0.25, 0.3) is 0 Å². The van der Waals surface area contributed by atoms with Gasteiger partial charge in [0.05, 0.1) is 0 Å². The number of urea groups is 1. The molecule has 19 heavy (non-hydrogen) atoms. The van der Waals surface area contributed by atoms with E-state index >= 15 is 0 Å². The lowest BCUT2D eigenvalue weighted by Gasteiger charge is -2.21. The maximum Gasteiger partial charge on any atom is 0.320 e. The van der Waals surface area contributed by atoms with Gasteiger partial charge in [0, 0.05) is 13.1 Å². The van der Waals surface area contributed by atoms with Crippen molar-refractivity contribution in [2.24, 2.45) is 0 Å². The van der Waals surface area contributed by atoms with Gasteiger partial charge in [0.1, 0.15) is 5.75 Å². The first-order valence-corrected chi connectivity index (χ1v) is 6.89. The van der Waals surface area contributed by atoms with E-state index in [9.17, 15) is 4.79 Å². The van der Waals surface area contributed by atoms with E-state index in [4.69, 9.17) is 4.74 Å². The Balaban J connectivity index is 2.34. The quantitative estimate of drug-likeness (QED) is 0.769. The Morgan fingerprint density at radius 3 is 2.26 bits per heavy atom. The standard InChI is InChI=1S/C15H24N2O2/c1-4-10-17(11-5-2)15(18)16-12-19-14-8-6-13(3)7-9-14/h6-9H,4-5,10-12H2,1-3H3,(H,16,18). The highest BCUT2D eigenvalue weighted by molar-refractivity contribution is 5.73. The Labute approximate surface area is 115 Å². The van der Waals surface area contributed by atoms with Gasteiger partial charge in [-0.1, -0.05) is 31.5 Å². The SMILES string of the molecule is CCCN(CCC)C(=O)NCOc1ccc(C)cc1. The molecule has 0 aliphatic heterocycles. The third-order valence-corrected chi connectivity index (χ3v) is 2.76. The van der Waals surface area contributed by atoms with Crippen molar-refractivity contribution in [3.63, 3.8) is 0 Å². The third kappa shape index (κ3) is 5.64. The molecular weight excluding hydrogens is 240 g/mol. The summed E-state index contributed by atoms with van der Waals surface area (Å²) in [5.74, 6) is 0.767. The van der Waals surface area contributed by atoms with Gasteiger partial charge >= 0.3 is 6.03 Å². The minimum Gasteiger partial charge on any atom is -0.473 e. The molecule has 1 N–H and O–H groups in total. The van der Waals surface area contributed by atoms with Gasteiger partial charge < -0.3 is 15.0 Å². The highest BCUT2D eigenvalue weighted by Gasteiger charge is 2.10. The number of hydrogen-bond donors (Lipinski definition) is 1. The summed E-state index contributed by atoms with van der Waals surface area (Å²) in [6, 6.07) is 7.71. The van der Waals surface area contributed by atoms with Crippen molar-refractivity contribution < 1.29 is 9.53 Å². The van der Waals surface area contributed by atoms with Gasteiger partial charge in [-0.25, -0.2) is 4.79 Å². The van der Waals surface area contributed by atoms with Crippen molar-refractivity contribution in [1.29, 1.82) is 0 Å². The first-order valence-electron chi connectivity index (χ1n) is 6.89. The molecule has 0 bridgehead atoms. The van der Waals surface area contributed by atoms with E-state index in [0.717, 1.165) is 31.7 Å². The van der Waals surface area contributed by atoms with Gasteiger partial charge in [-0.3, -0.25) is 0 Å². The summed E-state index contributed by atoms with van der Waals surface area (Å²) < 4.78 is 5.48. The lowest BCUT2D eigenvalue weighted by Crippen LogP contribution is -2.42. The molecule has 0 heterocycles. The molecule has 0 spiro atoms. The van der Waals surface area contributed by atoms with Crippen LogP contribution in [0.1, 0.15) is 32.3 Å². The Kier molecular flexibility index (Phi) is 6.79. The number of benzene rings is 1. The third-order valence-electron chi connectivity index (χ3n) is 2.76. The molecular formula is C15H24N2O2. The van der Waals surface area contributed by atoms with Gasteiger partial charge in [0.15, 0.2) is 6.73 Å². The number of aryl methyl sites for hydroxylation is 1. The fraction of sp³-hybridized carbons (Fsp3) is 0.533. The highest BCUT2D eigenvalue weighted by Crippen LogP contribution is 2.10. The van der Waals surface area contributed by atoms with Crippen LogP contribution in [0.5, 0.6) is 5.75 Å². The van der Waals surface area contributed by atoms with E-state index < -0.39 is 0 Å². The van der Waals surface area contributed by atoms with Gasteiger partial charge in [0.2, 0.25) is 0 Å². The second kappa shape index (κ2) is 8.40. The Bertz CT molecular complexity index is 370. The molecule has 0 saturated carbocycles. The molecule has 0 aliphatic rings. The first-order chi connectivity index (χ1) is 9.17. The maximum absolute atomic E-state index is 11.9. The average molecular weight is 264 g/mol. The van der Waals surface area contributed by atoms with Crippen LogP contribution >= 0.6 is 0 Å². The second-order valence-electron chi connectivity index (χ2n) is 4.57. The number of carbonyl (C=O) groups is 1. The molecule has 0 aliphatic carbocycles. The van der Waals surface area contributed by atoms with Crippen molar-refractivity contribution >= 4 is 6.03 Å². The lowest BCUT2D eigenvalue weighted by atomic mass is 10.2. The molecule has 1 aromatic rings. The van der Waals surface area contributed by atoms with E-state index in [0.29, 0.717) is 0 Å². The zero-order valence-corrected chi connectivity index (χ0v) is 12.1. The summed E-state index contributed by atoms with van der Waals surface area (Å²) in [4.78, 5) is 13.7. The van der Waals surface area contributed by atoms with E-state index in [1.54, 1.807) is 0 Å². The van der Waals surface area contributed by atoms with Crippen molar-refractivity contribution in [1.82, 2.24) is 10.2 Å². The molecule has 2 amide bonds. The Morgan fingerprint density at radius 2 is 1.74 bits per heavy atom. The zero-order chi connectivity index (χ0) is 14.1. The van der Waals surface area contributed by atoms with E-state index in [1.807, 2.05) is 36.1 Å². The Morgan fingerprint density at radius 1 is 1.16 bits per heavy atom. The van der Waals surface area contributed by atoms with Crippen molar-refractivity contribution in [3.8, 4) is 5.75 Å². The van der Waals surface area contributed by atoms with Crippen LogP contribution in [-0.2, 0) is 0 Å². The molecule has 0 radical (unpaired) electrons. The van der Waals surface area contributed by atoms with Crippen molar-refractivity contribution in [2.75, 3.05) is 19.8 Å². The predicted molar refractivity (Wildman–Crippen MR) is 77.4 cm³/mol. The van der Waals surface area contributed by atoms with Crippen LogP contribution in [0, 0.1) is 6.92 Å². The lowest BCUT2D eigenvalue weighted by molar-refractivity contribution is 0.184. The van der Waals surface area contributed by atoms with E-state index in [1.165, 1.54) is 5.56 Å². The predicted octanol–water partition coefficient (Wildman–Crippen LogP) is 3.16. The van der Waals surface area contributed by atoms with E-state index in [-0.39, 0.29) is 12.8 Å². The molecule has 4 nitrogen and oxygen atoms in total. The number of hydrogen-bond acceptors (Lipinski definition) is 2. The molecule has 1 rings (SSSR count). The van der Waals surface area contributed by atoms with Crippen LogP contribution < -0.4 is 10.1 Å². The van der Waals surface area contributed by atoms with Gasteiger partial charge in [-0.05, 0) is 31.9 Å². The molecule has 0 fully saturated rings. The Hall–Kier alpha value is -1.71. The minimum absolute atomic E-state index is 0.0594. The molecule has 4 heteroatoms. The maximum atomic E-state index is 11.9. The average Bonchev–Trinajstić information content (AvgIpc) is 2.40. The van der Waals surface area contributed by atoms with Crippen LogP contribution in [-0.4, -0.2) is 30.8 Å². The van der Waals surface area contributed by atoms with Crippen LogP contribution in [0.15, 0.2) is 24.3 Å². The largest absolute Gasteiger partial charge is 0.473 e. The fourth-order valence-corrected chi connectivity index (χ4v) is 1.78. The number of nitrogens with zero attached hydrogens (tertiary/aromatic N) is 1. The zero-order valence-electron chi connectivity index (χ0n) is 12.1. The second-order valence-corrected chi connectivity index (χ2v) is 4.57. The number of amides is 2. The summed E-state index contributed by atoms with van der Waals surface area (Å²) in [5, 5.41) is 2.78. The van der Waals surface area contributed by atoms with Crippen LogP contribution in [0.25, 0.3) is 0 Å². The first kappa shape index (κ1) is 15.3. The van der Waals surface area contributed by atoms with Crippen LogP contribution in [0.2, 0.25) is 0 Å².